The first-order chi connectivity index (χ1) is 8.36. The summed E-state index contributed by atoms with van der Waals surface area (Å²) in [5, 5.41) is 8.97. The number of allylic oxidation sites excluding steroid dienone is 2. The average molecular weight is 250 g/mol. The van der Waals surface area contributed by atoms with Gasteiger partial charge < -0.3 is 9.84 Å². The van der Waals surface area contributed by atoms with Crippen molar-refractivity contribution in [2.45, 2.75) is 26.9 Å². The van der Waals surface area contributed by atoms with Crippen molar-refractivity contribution in [1.29, 1.82) is 0 Å². The summed E-state index contributed by atoms with van der Waals surface area (Å²) in [5.74, 6) is -4.42. The summed E-state index contributed by atoms with van der Waals surface area (Å²) in [6.45, 7) is 5.27. The summed E-state index contributed by atoms with van der Waals surface area (Å²) >= 11 is 0. The van der Waals surface area contributed by atoms with Crippen LogP contribution in [0.4, 0.5) is 0 Å². The van der Waals surface area contributed by atoms with Gasteiger partial charge in [-0.15, -0.1) is 0 Å². The molecule has 1 unspecified atom stereocenters. The van der Waals surface area contributed by atoms with Gasteiger partial charge in [0, 0.05) is 5.92 Å². The Kier molecular flexibility index (Phi) is 2.84. The van der Waals surface area contributed by atoms with Crippen LogP contribution >= 0.6 is 0 Å². The van der Waals surface area contributed by atoms with Gasteiger partial charge in [-0.05, 0) is 25.0 Å². The molecule has 5 heteroatoms. The zero-order valence-electron chi connectivity index (χ0n) is 10.4. The van der Waals surface area contributed by atoms with Gasteiger partial charge in [0.25, 0.3) is 0 Å². The van der Waals surface area contributed by atoms with E-state index in [9.17, 15) is 14.4 Å². The van der Waals surface area contributed by atoms with E-state index in [2.05, 4.69) is 0 Å². The van der Waals surface area contributed by atoms with Gasteiger partial charge in [0.15, 0.2) is 17.5 Å². The van der Waals surface area contributed by atoms with Gasteiger partial charge in [0.2, 0.25) is 0 Å². The molecular formula is C13H14O5. The number of rotatable bonds is 1. The first-order valence-electron chi connectivity index (χ1n) is 5.74. The number of ether oxygens (including phenoxy) is 1. The summed E-state index contributed by atoms with van der Waals surface area (Å²) in [6.07, 6.45) is 1.15. The summed E-state index contributed by atoms with van der Waals surface area (Å²) in [4.78, 5) is 35.0. The molecule has 2 rings (SSSR count). The number of aliphatic carboxylic acids is 1. The van der Waals surface area contributed by atoms with Crippen molar-refractivity contribution in [3.05, 3.63) is 23.0 Å². The Labute approximate surface area is 104 Å². The lowest BCUT2D eigenvalue weighted by Gasteiger charge is -2.33. The van der Waals surface area contributed by atoms with E-state index in [-0.39, 0.29) is 17.6 Å². The van der Waals surface area contributed by atoms with E-state index in [1.807, 2.05) is 13.8 Å². The fraction of sp³-hybridized carbons (Fsp3) is 0.462. The number of fused-ring (bicyclic) bond motifs is 1. The third-order valence-corrected chi connectivity index (χ3v) is 3.66. The highest BCUT2D eigenvalue weighted by atomic mass is 16.5. The summed E-state index contributed by atoms with van der Waals surface area (Å²) in [7, 11) is 0. The number of ketones is 2. The Bertz CT molecular complexity index is 492. The van der Waals surface area contributed by atoms with Gasteiger partial charge in [-0.25, -0.2) is 0 Å². The molecule has 0 bridgehead atoms. The number of Topliss-reactive ketones (excluding diaryl/α,β-unsaturated/α-hetero) is 2. The second-order valence-electron chi connectivity index (χ2n) is 4.70. The lowest BCUT2D eigenvalue weighted by Crippen LogP contribution is -2.41. The zero-order valence-corrected chi connectivity index (χ0v) is 10.4. The van der Waals surface area contributed by atoms with Crippen molar-refractivity contribution in [2.24, 2.45) is 11.8 Å². The van der Waals surface area contributed by atoms with Crippen molar-refractivity contribution in [3.8, 4) is 0 Å². The molecule has 0 fully saturated rings. The van der Waals surface area contributed by atoms with E-state index < -0.39 is 23.5 Å². The Morgan fingerprint density at radius 2 is 1.89 bits per heavy atom. The molecule has 0 radical (unpaired) electrons. The molecular weight excluding hydrogens is 236 g/mol. The number of hydrogen-bond donors (Lipinski definition) is 1. The normalized spacial score (nSPS) is 31.7. The third kappa shape index (κ3) is 1.58. The molecule has 1 heterocycles. The van der Waals surface area contributed by atoms with Crippen LogP contribution < -0.4 is 0 Å². The van der Waals surface area contributed by atoms with Gasteiger partial charge in [-0.2, -0.15) is 0 Å². The summed E-state index contributed by atoms with van der Waals surface area (Å²) in [6, 6.07) is 0. The first kappa shape index (κ1) is 12.5. The molecule has 96 valence electrons. The van der Waals surface area contributed by atoms with Crippen molar-refractivity contribution >= 4 is 17.5 Å². The van der Waals surface area contributed by atoms with Crippen LogP contribution in [-0.4, -0.2) is 28.7 Å². The van der Waals surface area contributed by atoms with E-state index in [4.69, 9.17) is 9.84 Å². The molecule has 5 nitrogen and oxygen atoms in total. The van der Waals surface area contributed by atoms with Crippen molar-refractivity contribution in [2.75, 3.05) is 0 Å². The van der Waals surface area contributed by atoms with Gasteiger partial charge in [-0.1, -0.05) is 6.92 Å². The number of carbonyl (C=O) groups is 3. The van der Waals surface area contributed by atoms with Gasteiger partial charge >= 0.3 is 5.97 Å². The number of carbonyl (C=O) groups excluding carboxylic acids is 2. The molecule has 2 aliphatic rings. The smallest absolute Gasteiger partial charge is 0.322 e. The fourth-order valence-electron chi connectivity index (χ4n) is 2.42. The second-order valence-corrected chi connectivity index (χ2v) is 4.70. The van der Waals surface area contributed by atoms with Gasteiger partial charge in [-0.3, -0.25) is 14.4 Å². The molecule has 0 aromatic rings. The SMILES string of the molecule is CC1=C2C(=CO[C@H](C)[C@H]2C)C(=O)C(C(=O)O)C1=O. The first-order valence-corrected chi connectivity index (χ1v) is 5.74. The van der Waals surface area contributed by atoms with Crippen molar-refractivity contribution in [1.82, 2.24) is 0 Å². The van der Waals surface area contributed by atoms with Crippen LogP contribution in [0.3, 0.4) is 0 Å². The van der Waals surface area contributed by atoms with E-state index >= 15 is 0 Å². The van der Waals surface area contributed by atoms with E-state index in [0.29, 0.717) is 11.1 Å². The monoisotopic (exact) mass is 250 g/mol. The largest absolute Gasteiger partial charge is 0.497 e. The standard InChI is InChI=1S/C13H14O5/c1-5-7(3)18-4-8-9(5)6(2)11(14)10(12(8)15)13(16)17/h4-5,7,10H,1-3H3,(H,16,17)/t5-,7-,10?/m1/s1. The molecule has 0 aromatic carbocycles. The highest BCUT2D eigenvalue weighted by Crippen LogP contribution is 2.38. The van der Waals surface area contributed by atoms with Crippen molar-refractivity contribution in [3.63, 3.8) is 0 Å². The topological polar surface area (TPSA) is 80.7 Å². The van der Waals surface area contributed by atoms with Crippen LogP contribution in [0.2, 0.25) is 0 Å². The average Bonchev–Trinajstić information content (AvgIpc) is 2.29. The van der Waals surface area contributed by atoms with E-state index in [1.165, 1.54) is 6.26 Å². The zero-order chi connectivity index (χ0) is 13.6. The summed E-state index contributed by atoms with van der Waals surface area (Å²) < 4.78 is 5.32. The summed E-state index contributed by atoms with van der Waals surface area (Å²) in [5.41, 5.74) is 1.21. The van der Waals surface area contributed by atoms with Crippen LogP contribution in [0.5, 0.6) is 0 Å². The molecule has 1 N–H and O–H groups in total. The van der Waals surface area contributed by atoms with E-state index in [0.717, 1.165) is 0 Å². The van der Waals surface area contributed by atoms with Crippen molar-refractivity contribution < 1.29 is 24.2 Å². The van der Waals surface area contributed by atoms with Crippen LogP contribution in [0.15, 0.2) is 23.0 Å². The minimum Gasteiger partial charge on any atom is -0.497 e. The Morgan fingerprint density at radius 1 is 1.28 bits per heavy atom. The third-order valence-electron chi connectivity index (χ3n) is 3.66. The predicted molar refractivity (Wildman–Crippen MR) is 61.6 cm³/mol. The Hall–Kier alpha value is -1.91. The minimum absolute atomic E-state index is 0.104. The maximum absolute atomic E-state index is 12.0. The fourth-order valence-corrected chi connectivity index (χ4v) is 2.42. The van der Waals surface area contributed by atoms with Gasteiger partial charge in [0.1, 0.15) is 6.10 Å². The highest BCUT2D eigenvalue weighted by molar-refractivity contribution is 6.30. The maximum atomic E-state index is 12.0. The number of hydrogen-bond acceptors (Lipinski definition) is 4. The molecule has 1 aliphatic heterocycles. The van der Waals surface area contributed by atoms with Gasteiger partial charge in [0.05, 0.1) is 11.8 Å². The van der Waals surface area contributed by atoms with Crippen LogP contribution in [-0.2, 0) is 19.1 Å². The predicted octanol–water partition coefficient (Wildman–Crippen LogP) is 1.09. The maximum Gasteiger partial charge on any atom is 0.322 e. The Balaban J connectivity index is 2.61. The molecule has 0 saturated carbocycles. The molecule has 3 atom stereocenters. The number of carboxylic acid groups (broad SMARTS) is 1. The molecule has 0 amide bonds. The second kappa shape index (κ2) is 4.08. The van der Waals surface area contributed by atoms with E-state index in [1.54, 1.807) is 6.92 Å². The molecule has 0 aromatic heterocycles. The lowest BCUT2D eigenvalue weighted by molar-refractivity contribution is -0.149. The highest BCUT2D eigenvalue weighted by Gasteiger charge is 2.45. The lowest BCUT2D eigenvalue weighted by atomic mass is 9.73. The molecule has 18 heavy (non-hydrogen) atoms. The molecule has 1 aliphatic carbocycles. The molecule has 0 spiro atoms. The van der Waals surface area contributed by atoms with Crippen LogP contribution in [0.25, 0.3) is 0 Å². The van der Waals surface area contributed by atoms with Crippen LogP contribution in [0.1, 0.15) is 20.8 Å². The Morgan fingerprint density at radius 3 is 2.44 bits per heavy atom. The molecule has 0 saturated heterocycles. The minimum atomic E-state index is -1.62. The van der Waals surface area contributed by atoms with Crippen LogP contribution in [0, 0.1) is 11.8 Å². The quantitative estimate of drug-likeness (QED) is 0.705. The number of carboxylic acids is 1.